The van der Waals surface area contributed by atoms with E-state index in [4.69, 9.17) is 14.2 Å². The Hall–Kier alpha value is -2.14. The van der Waals surface area contributed by atoms with E-state index in [-0.39, 0.29) is 25.2 Å². The molecule has 0 aliphatic heterocycles. The number of allylic oxidation sites excluding steroid dienone is 8. The minimum absolute atomic E-state index is 0.0806. The zero-order valence-electron chi connectivity index (χ0n) is 44.5. The van der Waals surface area contributed by atoms with Gasteiger partial charge in [-0.25, -0.2) is 0 Å². The van der Waals surface area contributed by atoms with Gasteiger partial charge >= 0.3 is 11.9 Å². The first-order valence-corrected chi connectivity index (χ1v) is 29.2. The lowest BCUT2D eigenvalue weighted by Crippen LogP contribution is -2.30. The van der Waals surface area contributed by atoms with Gasteiger partial charge in [-0.05, 0) is 83.5 Å². The van der Waals surface area contributed by atoms with Crippen molar-refractivity contribution >= 4 is 11.9 Å². The van der Waals surface area contributed by atoms with Gasteiger partial charge < -0.3 is 14.2 Å². The zero-order valence-corrected chi connectivity index (χ0v) is 44.5. The summed E-state index contributed by atoms with van der Waals surface area (Å²) in [6, 6.07) is 0. The largest absolute Gasteiger partial charge is 0.462 e. The molecule has 0 aromatic carbocycles. The number of rotatable bonds is 54. The van der Waals surface area contributed by atoms with E-state index in [1.54, 1.807) is 0 Å². The van der Waals surface area contributed by atoms with Gasteiger partial charge in [-0.15, -0.1) is 0 Å². The highest BCUT2D eigenvalue weighted by molar-refractivity contribution is 5.70. The molecule has 5 heteroatoms. The monoisotopic (exact) mass is 925 g/mol. The normalized spacial score (nSPS) is 12.5. The molecule has 0 N–H and O–H groups in total. The molecule has 0 spiro atoms. The van der Waals surface area contributed by atoms with Crippen LogP contribution in [0.3, 0.4) is 0 Å². The molecular formula is C61H112O5. The fourth-order valence-corrected chi connectivity index (χ4v) is 8.45. The number of unbranched alkanes of at least 4 members (excludes halogenated alkanes) is 35. The molecule has 0 aromatic heterocycles. The summed E-state index contributed by atoms with van der Waals surface area (Å²) >= 11 is 0. The van der Waals surface area contributed by atoms with Crippen LogP contribution < -0.4 is 0 Å². The second-order valence-corrected chi connectivity index (χ2v) is 19.5. The lowest BCUT2D eigenvalue weighted by Gasteiger charge is -2.18. The molecule has 66 heavy (non-hydrogen) atoms. The molecule has 0 amide bonds. The number of carbonyl (C=O) groups excluding carboxylic acids is 2. The Morgan fingerprint density at radius 3 is 1.06 bits per heavy atom. The van der Waals surface area contributed by atoms with Crippen molar-refractivity contribution in [2.75, 3.05) is 19.8 Å². The first-order chi connectivity index (χ1) is 32.6. The molecule has 0 rings (SSSR count). The predicted octanol–water partition coefficient (Wildman–Crippen LogP) is 19.9. The molecule has 0 radical (unpaired) electrons. The minimum atomic E-state index is -0.542. The molecular weight excluding hydrogens is 813 g/mol. The molecule has 386 valence electrons. The fourth-order valence-electron chi connectivity index (χ4n) is 8.45. The summed E-state index contributed by atoms with van der Waals surface area (Å²) in [4.78, 5) is 25.5. The highest BCUT2D eigenvalue weighted by atomic mass is 16.6. The Bertz CT molecular complexity index is 1090. The molecule has 5 nitrogen and oxygen atoms in total. The summed E-state index contributed by atoms with van der Waals surface area (Å²) in [5.74, 6) is -0.397. The van der Waals surface area contributed by atoms with E-state index in [0.717, 1.165) is 64.2 Å². The topological polar surface area (TPSA) is 61.8 Å². The Kier molecular flexibility index (Phi) is 55.3. The SMILES string of the molecule is CCCCC/C=C\C/C=C\C/C=C\CCCCCCCCCOCC(COC(=O)CCCCCCC/C=C\CCCCCCCC)OC(=O)CCCCCCCCCCCCCCCCC. The maximum absolute atomic E-state index is 12.9. The van der Waals surface area contributed by atoms with E-state index in [2.05, 4.69) is 69.4 Å². The number of esters is 2. The average molecular weight is 926 g/mol. The van der Waals surface area contributed by atoms with Crippen LogP contribution in [-0.4, -0.2) is 37.9 Å². The number of ether oxygens (including phenoxy) is 3. The smallest absolute Gasteiger partial charge is 0.306 e. The van der Waals surface area contributed by atoms with Crippen LogP contribution in [-0.2, 0) is 23.8 Å². The second kappa shape index (κ2) is 57.2. The van der Waals surface area contributed by atoms with Gasteiger partial charge in [-0.3, -0.25) is 9.59 Å². The van der Waals surface area contributed by atoms with Crippen LogP contribution in [0.25, 0.3) is 0 Å². The molecule has 0 aromatic rings. The van der Waals surface area contributed by atoms with E-state index in [9.17, 15) is 9.59 Å². The molecule has 0 aliphatic rings. The van der Waals surface area contributed by atoms with Crippen LogP contribution in [0.1, 0.15) is 303 Å². The van der Waals surface area contributed by atoms with Gasteiger partial charge in [0.1, 0.15) is 6.61 Å². The Morgan fingerprint density at radius 1 is 0.333 bits per heavy atom. The van der Waals surface area contributed by atoms with Crippen LogP contribution >= 0.6 is 0 Å². The Labute approximate surface area is 412 Å². The third kappa shape index (κ3) is 54.5. The van der Waals surface area contributed by atoms with Gasteiger partial charge in [0.15, 0.2) is 6.10 Å². The lowest BCUT2D eigenvalue weighted by molar-refractivity contribution is -0.163. The fraction of sp³-hybridized carbons (Fsp3) is 0.836. The van der Waals surface area contributed by atoms with Crippen LogP contribution in [0.5, 0.6) is 0 Å². The molecule has 0 saturated carbocycles. The van der Waals surface area contributed by atoms with Crippen molar-refractivity contribution in [3.05, 3.63) is 48.6 Å². The summed E-state index contributed by atoms with van der Waals surface area (Å²) in [6.45, 7) is 7.82. The van der Waals surface area contributed by atoms with Crippen molar-refractivity contribution in [3.63, 3.8) is 0 Å². The van der Waals surface area contributed by atoms with Crippen molar-refractivity contribution in [2.24, 2.45) is 0 Å². The van der Waals surface area contributed by atoms with Gasteiger partial charge in [0, 0.05) is 19.4 Å². The highest BCUT2D eigenvalue weighted by Gasteiger charge is 2.17. The quantitative estimate of drug-likeness (QED) is 0.0345. The molecule has 0 saturated heterocycles. The van der Waals surface area contributed by atoms with Crippen molar-refractivity contribution in [1.82, 2.24) is 0 Å². The van der Waals surface area contributed by atoms with Crippen molar-refractivity contribution in [2.45, 2.75) is 309 Å². The summed E-state index contributed by atoms with van der Waals surface area (Å²) in [6.07, 6.45) is 71.3. The first kappa shape index (κ1) is 63.9. The van der Waals surface area contributed by atoms with Crippen LogP contribution in [0.4, 0.5) is 0 Å². The van der Waals surface area contributed by atoms with E-state index in [1.165, 1.54) is 205 Å². The standard InChI is InChI=1S/C61H112O5/c1-4-7-10-13-16-19-22-25-28-29-30-31-32-35-38-41-44-47-50-53-56-64-57-59(66-61(63)55-52-49-46-43-40-37-34-27-24-21-18-15-12-9-6-3)58-65-60(62)54-51-48-45-42-39-36-33-26-23-20-17-14-11-8-5-2/h16,19,25-26,28,30-31,33,59H,4-15,17-18,20-24,27,29,32,34-58H2,1-3H3/b19-16-,28-25-,31-30-,33-26-. The van der Waals surface area contributed by atoms with Gasteiger partial charge in [-0.2, -0.15) is 0 Å². The van der Waals surface area contributed by atoms with Crippen molar-refractivity contribution in [1.29, 1.82) is 0 Å². The highest BCUT2D eigenvalue weighted by Crippen LogP contribution is 2.16. The zero-order chi connectivity index (χ0) is 47.7. The molecule has 1 unspecified atom stereocenters. The minimum Gasteiger partial charge on any atom is -0.462 e. The molecule has 0 bridgehead atoms. The molecule has 0 heterocycles. The number of carbonyl (C=O) groups is 2. The number of hydrogen-bond donors (Lipinski definition) is 0. The van der Waals surface area contributed by atoms with Gasteiger partial charge in [0.2, 0.25) is 0 Å². The van der Waals surface area contributed by atoms with E-state index in [0.29, 0.717) is 19.4 Å². The summed E-state index contributed by atoms with van der Waals surface area (Å²) in [7, 11) is 0. The third-order valence-electron chi connectivity index (χ3n) is 12.8. The maximum Gasteiger partial charge on any atom is 0.306 e. The number of hydrogen-bond acceptors (Lipinski definition) is 5. The van der Waals surface area contributed by atoms with Gasteiger partial charge in [0.25, 0.3) is 0 Å². The molecule has 1 atom stereocenters. The van der Waals surface area contributed by atoms with Crippen molar-refractivity contribution in [3.8, 4) is 0 Å². The van der Waals surface area contributed by atoms with Crippen molar-refractivity contribution < 1.29 is 23.8 Å². The Balaban J connectivity index is 4.27. The third-order valence-corrected chi connectivity index (χ3v) is 12.8. The van der Waals surface area contributed by atoms with Crippen LogP contribution in [0.2, 0.25) is 0 Å². The maximum atomic E-state index is 12.9. The van der Waals surface area contributed by atoms with Gasteiger partial charge in [0.05, 0.1) is 6.61 Å². The Morgan fingerprint density at radius 2 is 0.636 bits per heavy atom. The first-order valence-electron chi connectivity index (χ1n) is 29.2. The summed E-state index contributed by atoms with van der Waals surface area (Å²) < 4.78 is 17.5. The predicted molar refractivity (Wildman–Crippen MR) is 288 cm³/mol. The van der Waals surface area contributed by atoms with E-state index in [1.807, 2.05) is 0 Å². The molecule has 0 aliphatic carbocycles. The second-order valence-electron chi connectivity index (χ2n) is 19.5. The lowest BCUT2D eigenvalue weighted by atomic mass is 10.0. The van der Waals surface area contributed by atoms with E-state index >= 15 is 0 Å². The van der Waals surface area contributed by atoms with Gasteiger partial charge in [-0.1, -0.05) is 256 Å². The van der Waals surface area contributed by atoms with Crippen LogP contribution in [0, 0.1) is 0 Å². The van der Waals surface area contributed by atoms with E-state index < -0.39 is 6.10 Å². The summed E-state index contributed by atoms with van der Waals surface area (Å²) in [5.41, 5.74) is 0. The van der Waals surface area contributed by atoms with Crippen LogP contribution in [0.15, 0.2) is 48.6 Å². The molecule has 0 fully saturated rings. The average Bonchev–Trinajstić information content (AvgIpc) is 3.32. The summed E-state index contributed by atoms with van der Waals surface area (Å²) in [5, 5.41) is 0.